The van der Waals surface area contributed by atoms with E-state index in [0.717, 1.165) is 10.2 Å². The predicted octanol–water partition coefficient (Wildman–Crippen LogP) is 2.95. The molecule has 0 bridgehead atoms. The summed E-state index contributed by atoms with van der Waals surface area (Å²) < 4.78 is 6.43. The Morgan fingerprint density at radius 1 is 1.33 bits per heavy atom. The van der Waals surface area contributed by atoms with E-state index in [9.17, 15) is 0 Å². The van der Waals surface area contributed by atoms with E-state index in [1.54, 1.807) is 7.11 Å². The lowest BCUT2D eigenvalue weighted by Crippen LogP contribution is -1.90. The second-order valence-corrected chi connectivity index (χ2v) is 4.01. The highest BCUT2D eigenvalue weighted by atomic mass is 79.9. The molecular formula is C10H11BrO. The SMILES string of the molecule is COc1cc(Br)cc2c1CCC2. The van der Waals surface area contributed by atoms with Crippen molar-refractivity contribution in [1.29, 1.82) is 0 Å². The van der Waals surface area contributed by atoms with Gasteiger partial charge in [-0.2, -0.15) is 0 Å². The number of ether oxygens (including phenoxy) is 1. The fraction of sp³-hybridized carbons (Fsp3) is 0.400. The Morgan fingerprint density at radius 3 is 2.92 bits per heavy atom. The van der Waals surface area contributed by atoms with Crippen molar-refractivity contribution in [2.24, 2.45) is 0 Å². The molecule has 0 heterocycles. The van der Waals surface area contributed by atoms with Crippen molar-refractivity contribution in [1.82, 2.24) is 0 Å². The number of hydrogen-bond donors (Lipinski definition) is 0. The quantitative estimate of drug-likeness (QED) is 0.716. The summed E-state index contributed by atoms with van der Waals surface area (Å²) >= 11 is 3.48. The molecule has 0 amide bonds. The number of hydrogen-bond acceptors (Lipinski definition) is 1. The van der Waals surface area contributed by atoms with Crippen molar-refractivity contribution in [3.05, 3.63) is 27.7 Å². The van der Waals surface area contributed by atoms with Crippen molar-refractivity contribution in [3.63, 3.8) is 0 Å². The maximum absolute atomic E-state index is 5.31. The predicted molar refractivity (Wildman–Crippen MR) is 52.7 cm³/mol. The first-order valence-electron chi connectivity index (χ1n) is 4.16. The first-order chi connectivity index (χ1) is 5.81. The van der Waals surface area contributed by atoms with Crippen LogP contribution in [0.15, 0.2) is 16.6 Å². The van der Waals surface area contributed by atoms with Gasteiger partial charge in [0.05, 0.1) is 7.11 Å². The molecule has 1 aliphatic rings. The second-order valence-electron chi connectivity index (χ2n) is 3.10. The van der Waals surface area contributed by atoms with Crippen molar-refractivity contribution in [2.45, 2.75) is 19.3 Å². The molecule has 1 aromatic rings. The molecule has 2 rings (SSSR count). The Bertz CT molecular complexity index is 307. The van der Waals surface area contributed by atoms with E-state index >= 15 is 0 Å². The molecule has 12 heavy (non-hydrogen) atoms. The smallest absolute Gasteiger partial charge is 0.123 e. The second kappa shape index (κ2) is 3.09. The van der Waals surface area contributed by atoms with Crippen LogP contribution in [0, 0.1) is 0 Å². The van der Waals surface area contributed by atoms with Crippen molar-refractivity contribution in [3.8, 4) is 5.75 Å². The summed E-state index contributed by atoms with van der Waals surface area (Å²) in [4.78, 5) is 0. The molecule has 0 radical (unpaired) electrons. The Kier molecular flexibility index (Phi) is 2.09. The van der Waals surface area contributed by atoms with Crippen LogP contribution in [-0.4, -0.2) is 7.11 Å². The molecule has 0 aliphatic heterocycles. The third-order valence-corrected chi connectivity index (χ3v) is 2.82. The number of rotatable bonds is 1. The lowest BCUT2D eigenvalue weighted by atomic mass is 10.1. The van der Waals surface area contributed by atoms with E-state index in [-0.39, 0.29) is 0 Å². The fourth-order valence-electron chi connectivity index (χ4n) is 1.81. The first kappa shape index (κ1) is 8.11. The lowest BCUT2D eigenvalue weighted by molar-refractivity contribution is 0.410. The monoisotopic (exact) mass is 226 g/mol. The van der Waals surface area contributed by atoms with E-state index < -0.39 is 0 Å². The zero-order valence-corrected chi connectivity index (χ0v) is 8.65. The van der Waals surface area contributed by atoms with E-state index in [1.807, 2.05) is 6.07 Å². The van der Waals surface area contributed by atoms with Gasteiger partial charge in [-0.15, -0.1) is 0 Å². The molecule has 64 valence electrons. The zero-order valence-electron chi connectivity index (χ0n) is 7.06. The minimum Gasteiger partial charge on any atom is -0.496 e. The number of halogens is 1. The Morgan fingerprint density at radius 2 is 2.17 bits per heavy atom. The molecule has 2 heteroatoms. The van der Waals surface area contributed by atoms with Crippen LogP contribution >= 0.6 is 15.9 Å². The van der Waals surface area contributed by atoms with Crippen LogP contribution in [0.1, 0.15) is 17.5 Å². The van der Waals surface area contributed by atoms with Gasteiger partial charge in [0, 0.05) is 4.47 Å². The average Bonchev–Trinajstić information content (AvgIpc) is 2.50. The van der Waals surface area contributed by atoms with E-state index in [4.69, 9.17) is 4.74 Å². The van der Waals surface area contributed by atoms with Crippen LogP contribution in [0.25, 0.3) is 0 Å². The summed E-state index contributed by atoms with van der Waals surface area (Å²) in [5.41, 5.74) is 2.85. The molecule has 0 spiro atoms. The van der Waals surface area contributed by atoms with Crippen molar-refractivity contribution < 1.29 is 4.74 Å². The molecule has 0 saturated heterocycles. The van der Waals surface area contributed by atoms with Gasteiger partial charge in [-0.05, 0) is 42.5 Å². The summed E-state index contributed by atoms with van der Waals surface area (Å²) in [5, 5.41) is 0. The van der Waals surface area contributed by atoms with Gasteiger partial charge in [0.1, 0.15) is 5.75 Å². The number of methoxy groups -OCH3 is 1. The van der Waals surface area contributed by atoms with E-state index in [1.165, 1.54) is 30.4 Å². The maximum Gasteiger partial charge on any atom is 0.123 e. The van der Waals surface area contributed by atoms with E-state index in [0.29, 0.717) is 0 Å². The van der Waals surface area contributed by atoms with Gasteiger partial charge >= 0.3 is 0 Å². The maximum atomic E-state index is 5.31. The highest BCUT2D eigenvalue weighted by Gasteiger charge is 2.15. The highest BCUT2D eigenvalue weighted by molar-refractivity contribution is 9.10. The van der Waals surface area contributed by atoms with Crippen LogP contribution in [0.3, 0.4) is 0 Å². The van der Waals surface area contributed by atoms with Gasteiger partial charge < -0.3 is 4.74 Å². The molecule has 1 nitrogen and oxygen atoms in total. The van der Waals surface area contributed by atoms with Gasteiger partial charge in [0.2, 0.25) is 0 Å². The Hall–Kier alpha value is -0.500. The zero-order chi connectivity index (χ0) is 8.55. The molecule has 1 aliphatic carbocycles. The topological polar surface area (TPSA) is 9.23 Å². The Labute approximate surface area is 80.9 Å². The first-order valence-corrected chi connectivity index (χ1v) is 4.96. The van der Waals surface area contributed by atoms with Gasteiger partial charge in [-0.25, -0.2) is 0 Å². The van der Waals surface area contributed by atoms with Crippen LogP contribution in [0.5, 0.6) is 5.75 Å². The largest absolute Gasteiger partial charge is 0.496 e. The molecule has 0 aromatic heterocycles. The number of benzene rings is 1. The fourth-order valence-corrected chi connectivity index (χ4v) is 2.29. The third kappa shape index (κ3) is 1.24. The van der Waals surface area contributed by atoms with Crippen molar-refractivity contribution in [2.75, 3.05) is 7.11 Å². The van der Waals surface area contributed by atoms with Gasteiger partial charge in [0.25, 0.3) is 0 Å². The molecule has 0 fully saturated rings. The summed E-state index contributed by atoms with van der Waals surface area (Å²) in [6.07, 6.45) is 3.64. The molecule has 0 atom stereocenters. The van der Waals surface area contributed by atoms with Crippen molar-refractivity contribution >= 4 is 15.9 Å². The molecule has 0 saturated carbocycles. The highest BCUT2D eigenvalue weighted by Crippen LogP contribution is 2.33. The number of fused-ring (bicyclic) bond motifs is 1. The van der Waals surface area contributed by atoms with Crippen LogP contribution < -0.4 is 4.74 Å². The third-order valence-electron chi connectivity index (χ3n) is 2.36. The number of aryl methyl sites for hydroxylation is 1. The standard InChI is InChI=1S/C10H11BrO/c1-12-10-6-8(11)5-7-3-2-4-9(7)10/h5-6H,2-4H2,1H3. The minimum atomic E-state index is 1.04. The normalized spacial score (nSPS) is 14.5. The van der Waals surface area contributed by atoms with Gasteiger partial charge in [-0.3, -0.25) is 0 Å². The summed E-state index contributed by atoms with van der Waals surface area (Å²) in [5.74, 6) is 1.04. The summed E-state index contributed by atoms with van der Waals surface area (Å²) in [6.45, 7) is 0. The summed E-state index contributed by atoms with van der Waals surface area (Å²) in [7, 11) is 1.74. The van der Waals surface area contributed by atoms with Gasteiger partial charge in [-0.1, -0.05) is 15.9 Å². The van der Waals surface area contributed by atoms with E-state index in [2.05, 4.69) is 22.0 Å². The average molecular weight is 227 g/mol. The lowest BCUT2D eigenvalue weighted by Gasteiger charge is -2.07. The minimum absolute atomic E-state index is 1.04. The Balaban J connectivity index is 2.55. The summed E-state index contributed by atoms with van der Waals surface area (Å²) in [6, 6.07) is 4.25. The molecule has 1 aromatic carbocycles. The molecule has 0 unspecified atom stereocenters. The molecule has 0 N–H and O–H groups in total. The van der Waals surface area contributed by atoms with Crippen LogP contribution in [-0.2, 0) is 12.8 Å². The van der Waals surface area contributed by atoms with Gasteiger partial charge in [0.15, 0.2) is 0 Å². The molecular weight excluding hydrogens is 216 g/mol. The van der Waals surface area contributed by atoms with Crippen LogP contribution in [0.4, 0.5) is 0 Å². The van der Waals surface area contributed by atoms with Crippen LogP contribution in [0.2, 0.25) is 0 Å².